The van der Waals surface area contributed by atoms with Gasteiger partial charge in [-0.05, 0) is 54.6 Å². The molecule has 0 bridgehead atoms. The van der Waals surface area contributed by atoms with Crippen LogP contribution >= 0.6 is 0 Å². The van der Waals surface area contributed by atoms with Crippen molar-refractivity contribution in [3.63, 3.8) is 0 Å². The third-order valence-electron chi connectivity index (χ3n) is 6.66. The van der Waals surface area contributed by atoms with Crippen LogP contribution in [0.4, 0.5) is 0 Å². The second kappa shape index (κ2) is 12.6. The average Bonchev–Trinajstić information content (AvgIpc) is 3.47. The van der Waals surface area contributed by atoms with Crippen molar-refractivity contribution in [3.05, 3.63) is 126 Å². The first-order chi connectivity index (χ1) is 23.5. The van der Waals surface area contributed by atoms with Crippen LogP contribution in [-0.4, -0.2) is 15.0 Å². The van der Waals surface area contributed by atoms with Crippen molar-refractivity contribution in [2.75, 3.05) is 0 Å². The standard InChI is InChI=1S/C27H25N2O.C11H8N.Ir/c1-16-15-29-24(13-18(16)14-27(3,4)5)23-8-6-7-20-21-10-9-19-17(2)28-12-11-22(19)25(21)30-26(20)23;1-2-6-10(7-3-1)11-8-4-5-9-12-11;/h6-7,9-13,15H,14H2,1-5H3;1-6,8-9H;/q2*-1;/i1D3,2D3,14D2;;. The number of rotatable bonds is 3. The van der Waals surface area contributed by atoms with Gasteiger partial charge in [-0.3, -0.25) is 4.98 Å². The second-order valence-corrected chi connectivity index (χ2v) is 10.9. The van der Waals surface area contributed by atoms with Gasteiger partial charge in [0.2, 0.25) is 0 Å². The quantitative estimate of drug-likeness (QED) is 0.169. The van der Waals surface area contributed by atoms with Crippen LogP contribution in [0.25, 0.3) is 55.2 Å². The largest absolute Gasteiger partial charge is 0.500 e. The fraction of sp³-hybridized carbons (Fsp3) is 0.184. The van der Waals surface area contributed by atoms with E-state index in [9.17, 15) is 0 Å². The molecule has 7 aromatic rings. The smallest absolute Gasteiger partial charge is 0.128 e. The first kappa shape index (κ1) is 21.5. The number of hydrogen-bond donors (Lipinski definition) is 0. The van der Waals surface area contributed by atoms with Gasteiger partial charge in [0.15, 0.2) is 0 Å². The first-order valence-corrected chi connectivity index (χ1v) is 13.5. The predicted molar refractivity (Wildman–Crippen MR) is 172 cm³/mol. The molecule has 217 valence electrons. The van der Waals surface area contributed by atoms with Gasteiger partial charge in [-0.25, -0.2) is 0 Å². The van der Waals surface area contributed by atoms with Crippen LogP contribution in [0.3, 0.4) is 0 Å². The molecule has 7 rings (SSSR count). The second-order valence-electron chi connectivity index (χ2n) is 10.9. The molecule has 0 unspecified atom stereocenters. The minimum atomic E-state index is -2.55. The summed E-state index contributed by atoms with van der Waals surface area (Å²) in [5, 5.41) is 2.56. The summed E-state index contributed by atoms with van der Waals surface area (Å²) in [5.74, 6) is 0. The van der Waals surface area contributed by atoms with Crippen LogP contribution in [0.5, 0.6) is 0 Å². The number of fused-ring (bicyclic) bond motifs is 5. The van der Waals surface area contributed by atoms with E-state index < -0.39 is 25.5 Å². The maximum absolute atomic E-state index is 8.81. The Morgan fingerprint density at radius 1 is 0.767 bits per heavy atom. The minimum Gasteiger partial charge on any atom is -0.500 e. The first-order valence-electron chi connectivity index (χ1n) is 17.5. The molecule has 4 nitrogen and oxygen atoms in total. The van der Waals surface area contributed by atoms with Crippen LogP contribution in [0.1, 0.15) is 48.6 Å². The summed E-state index contributed by atoms with van der Waals surface area (Å²) < 4.78 is 71.4. The Kier molecular flexibility index (Phi) is 6.29. The van der Waals surface area contributed by atoms with E-state index in [1.807, 2.05) is 48.5 Å². The van der Waals surface area contributed by atoms with Gasteiger partial charge in [0.05, 0.1) is 5.58 Å². The van der Waals surface area contributed by atoms with E-state index in [1.165, 1.54) is 18.5 Å². The molecule has 0 atom stereocenters. The van der Waals surface area contributed by atoms with Gasteiger partial charge in [0.1, 0.15) is 5.58 Å². The summed E-state index contributed by atoms with van der Waals surface area (Å²) >= 11 is 0. The Morgan fingerprint density at radius 3 is 2.33 bits per heavy atom. The Bertz CT molecular complexity index is 2280. The summed E-state index contributed by atoms with van der Waals surface area (Å²) in [6, 6.07) is 30.2. The fourth-order valence-corrected chi connectivity index (χ4v) is 4.82. The minimum absolute atomic E-state index is 0. The third-order valence-corrected chi connectivity index (χ3v) is 6.66. The summed E-state index contributed by atoms with van der Waals surface area (Å²) in [5.41, 5.74) is 2.67. The molecule has 4 heterocycles. The SMILES string of the molecule is [2H]C([2H])([2H])c1cnc(-c2[c-]ccc3c2oc2c4ccnc(C([2H])([2H])[2H])c4ccc32)cc1C([2H])([2H])C(C)(C)C.[Ir].[c-]1ccccc1-c1ccccn1. The summed E-state index contributed by atoms with van der Waals surface area (Å²) in [6.45, 7) is 0.207. The molecule has 0 fully saturated rings. The van der Waals surface area contributed by atoms with E-state index in [1.54, 1.807) is 51.2 Å². The maximum atomic E-state index is 8.81. The average molecular weight is 748 g/mol. The molecule has 43 heavy (non-hydrogen) atoms. The summed E-state index contributed by atoms with van der Waals surface area (Å²) in [7, 11) is 0. The van der Waals surface area contributed by atoms with E-state index in [0.29, 0.717) is 33.2 Å². The van der Waals surface area contributed by atoms with E-state index >= 15 is 0 Å². The van der Waals surface area contributed by atoms with Crippen LogP contribution in [-0.2, 0) is 26.5 Å². The number of hydrogen-bond acceptors (Lipinski definition) is 4. The molecule has 0 aliphatic rings. The van der Waals surface area contributed by atoms with Crippen molar-refractivity contribution in [3.8, 4) is 22.5 Å². The fourth-order valence-electron chi connectivity index (χ4n) is 4.82. The van der Waals surface area contributed by atoms with Crippen LogP contribution in [0, 0.1) is 31.3 Å². The molecule has 0 saturated carbocycles. The van der Waals surface area contributed by atoms with Crippen molar-refractivity contribution >= 4 is 32.7 Å². The molecule has 3 aromatic carbocycles. The van der Waals surface area contributed by atoms with Crippen molar-refractivity contribution in [1.82, 2.24) is 15.0 Å². The van der Waals surface area contributed by atoms with Gasteiger partial charge in [0.25, 0.3) is 0 Å². The Hall–Kier alpha value is -4.18. The molecule has 5 heteroatoms. The molecule has 1 radical (unpaired) electrons. The number of benzene rings is 3. The van der Waals surface area contributed by atoms with Crippen LogP contribution in [0.15, 0.2) is 102 Å². The van der Waals surface area contributed by atoms with E-state index in [0.717, 1.165) is 22.0 Å². The summed E-state index contributed by atoms with van der Waals surface area (Å²) in [4.78, 5) is 12.7. The van der Waals surface area contributed by atoms with E-state index in [-0.39, 0.29) is 36.9 Å². The maximum Gasteiger partial charge on any atom is 0.128 e. The normalized spacial score (nSPS) is 15.0. The molecule has 0 amide bonds. The summed E-state index contributed by atoms with van der Waals surface area (Å²) in [6.07, 6.45) is 2.46. The number of aryl methyl sites for hydroxylation is 2. The Balaban J connectivity index is 0.000000327. The molecular weight excluding hydrogens is 707 g/mol. The van der Waals surface area contributed by atoms with E-state index in [2.05, 4.69) is 27.1 Å². The molecule has 0 spiro atoms. The molecule has 0 saturated heterocycles. The van der Waals surface area contributed by atoms with Gasteiger partial charge in [-0.15, -0.1) is 54.1 Å². The number of pyridine rings is 3. The number of furan rings is 1. The van der Waals surface area contributed by atoms with Gasteiger partial charge in [0, 0.05) is 71.5 Å². The zero-order valence-corrected chi connectivity index (χ0v) is 26.2. The number of nitrogens with zero attached hydrogens (tertiary/aromatic N) is 3. The monoisotopic (exact) mass is 748 g/mol. The van der Waals surface area contributed by atoms with Crippen LogP contribution < -0.4 is 0 Å². The van der Waals surface area contributed by atoms with Gasteiger partial charge < -0.3 is 14.4 Å². The van der Waals surface area contributed by atoms with Crippen molar-refractivity contribution in [2.24, 2.45) is 5.41 Å². The van der Waals surface area contributed by atoms with Gasteiger partial charge in [-0.1, -0.05) is 67.6 Å². The van der Waals surface area contributed by atoms with Crippen LogP contribution in [0.2, 0.25) is 0 Å². The van der Waals surface area contributed by atoms with Crippen molar-refractivity contribution < 1.29 is 35.5 Å². The van der Waals surface area contributed by atoms with Gasteiger partial charge >= 0.3 is 0 Å². The predicted octanol–water partition coefficient (Wildman–Crippen LogP) is 9.75. The van der Waals surface area contributed by atoms with Crippen molar-refractivity contribution in [2.45, 2.75) is 40.8 Å². The Labute approximate surface area is 277 Å². The van der Waals surface area contributed by atoms with Crippen molar-refractivity contribution in [1.29, 1.82) is 0 Å². The topological polar surface area (TPSA) is 51.8 Å². The van der Waals surface area contributed by atoms with E-state index in [4.69, 9.17) is 15.4 Å². The zero-order chi connectivity index (χ0) is 36.1. The Morgan fingerprint density at radius 2 is 1.58 bits per heavy atom. The molecule has 0 N–H and O–H groups in total. The molecule has 0 aliphatic heterocycles. The van der Waals surface area contributed by atoms with Gasteiger partial charge in [-0.2, -0.15) is 0 Å². The molecule has 0 aliphatic carbocycles. The zero-order valence-electron chi connectivity index (χ0n) is 31.8. The molecular formula is C38H33IrN3O-2. The molecule has 4 aromatic heterocycles. The third kappa shape index (κ3) is 6.44. The number of aromatic nitrogens is 3.